The van der Waals surface area contributed by atoms with Crippen LogP contribution in [0.1, 0.15) is 95.9 Å². The lowest BCUT2D eigenvalue weighted by atomic mass is 9.89. The molecule has 1 aliphatic rings. The molecular weight excluding hydrogens is 216 g/mol. The van der Waals surface area contributed by atoms with Crippen molar-refractivity contribution in [3.63, 3.8) is 0 Å². The van der Waals surface area contributed by atoms with E-state index in [2.05, 4.69) is 27.7 Å². The van der Waals surface area contributed by atoms with Crippen LogP contribution in [0.2, 0.25) is 0 Å². The van der Waals surface area contributed by atoms with E-state index < -0.39 is 0 Å². The average Bonchev–Trinajstić information content (AvgIpc) is 2.49. The molecule has 0 N–H and O–H groups in total. The van der Waals surface area contributed by atoms with Crippen LogP contribution in [0.4, 0.5) is 0 Å². The highest BCUT2D eigenvalue weighted by Crippen LogP contribution is 2.28. The van der Waals surface area contributed by atoms with Crippen molar-refractivity contribution in [2.24, 2.45) is 0 Å². The summed E-state index contributed by atoms with van der Waals surface area (Å²) in [5, 5.41) is 0. The molecule has 0 unspecified atom stereocenters. The normalized spacial score (nSPS) is 12.7. The lowest BCUT2D eigenvalue weighted by Crippen LogP contribution is -1.97. The molecule has 0 atom stereocenters. The van der Waals surface area contributed by atoms with Crippen molar-refractivity contribution >= 4 is 0 Å². The molecule has 0 aromatic carbocycles. The molecule has 1 rings (SSSR count). The van der Waals surface area contributed by atoms with Gasteiger partial charge in [-0.05, 0) is 51.7 Å². The highest BCUT2D eigenvalue weighted by molar-refractivity contribution is 5.38. The molecular formula is C18H40. The third kappa shape index (κ3) is 12.0. The third-order valence-corrected chi connectivity index (χ3v) is 2.72. The van der Waals surface area contributed by atoms with Gasteiger partial charge < -0.3 is 0 Å². The Bertz CT molecular complexity index is 180. The summed E-state index contributed by atoms with van der Waals surface area (Å²) in [6.07, 6.45) is 2.55. The number of allylic oxidation sites excluding steroid dienone is 4. The van der Waals surface area contributed by atoms with Gasteiger partial charge >= 0.3 is 0 Å². The molecule has 18 heavy (non-hydrogen) atoms. The topological polar surface area (TPSA) is 0 Å². The maximum atomic E-state index is 2.24. The van der Waals surface area contributed by atoms with E-state index in [4.69, 9.17) is 0 Å². The van der Waals surface area contributed by atoms with E-state index in [0.29, 0.717) is 0 Å². The molecule has 0 saturated heterocycles. The summed E-state index contributed by atoms with van der Waals surface area (Å²) in [5.74, 6) is 0. The van der Waals surface area contributed by atoms with Crippen LogP contribution in [0.25, 0.3) is 0 Å². The summed E-state index contributed by atoms with van der Waals surface area (Å²) < 4.78 is 0. The summed E-state index contributed by atoms with van der Waals surface area (Å²) in [6.45, 7) is 24.9. The first-order chi connectivity index (χ1) is 8.63. The Hall–Kier alpha value is -0.520. The zero-order valence-electron chi connectivity index (χ0n) is 15.4. The molecule has 0 radical (unpaired) electrons. The van der Waals surface area contributed by atoms with Crippen LogP contribution in [0.3, 0.4) is 0 Å². The van der Waals surface area contributed by atoms with Crippen LogP contribution < -0.4 is 0 Å². The minimum Gasteiger partial charge on any atom is -0.0698 e. The second-order valence-electron chi connectivity index (χ2n) is 3.31. The Morgan fingerprint density at radius 3 is 0.778 bits per heavy atom. The molecule has 0 heteroatoms. The molecule has 0 aromatic rings. The molecule has 112 valence electrons. The lowest BCUT2D eigenvalue weighted by Gasteiger charge is -2.17. The first kappa shape index (κ1) is 26.1. The Balaban J connectivity index is -0.000000105. The van der Waals surface area contributed by atoms with Crippen LogP contribution >= 0.6 is 0 Å². The number of hydrogen-bond donors (Lipinski definition) is 0. The predicted molar refractivity (Wildman–Crippen MR) is 91.4 cm³/mol. The Labute approximate surface area is 119 Å². The van der Waals surface area contributed by atoms with Crippen LogP contribution in [-0.2, 0) is 0 Å². The molecule has 0 heterocycles. The van der Waals surface area contributed by atoms with Gasteiger partial charge in [-0.3, -0.25) is 0 Å². The third-order valence-electron chi connectivity index (χ3n) is 2.72. The molecule has 0 amide bonds. The van der Waals surface area contributed by atoms with Crippen LogP contribution in [-0.4, -0.2) is 0 Å². The second-order valence-corrected chi connectivity index (χ2v) is 3.31. The van der Waals surface area contributed by atoms with Gasteiger partial charge in [-0.15, -0.1) is 0 Å². The van der Waals surface area contributed by atoms with Crippen molar-refractivity contribution in [3.8, 4) is 0 Å². The van der Waals surface area contributed by atoms with Gasteiger partial charge in [0.1, 0.15) is 0 Å². The molecule has 0 bridgehead atoms. The second kappa shape index (κ2) is 21.7. The van der Waals surface area contributed by atoms with Crippen molar-refractivity contribution in [2.75, 3.05) is 0 Å². The maximum absolute atomic E-state index is 2.24. The van der Waals surface area contributed by atoms with E-state index in [9.17, 15) is 0 Å². The Morgan fingerprint density at radius 1 is 0.444 bits per heavy atom. The average molecular weight is 257 g/mol. The Morgan fingerprint density at radius 2 is 0.611 bits per heavy atom. The van der Waals surface area contributed by atoms with Gasteiger partial charge in [0.2, 0.25) is 0 Å². The molecule has 0 spiro atoms. The van der Waals surface area contributed by atoms with Crippen LogP contribution in [0.5, 0.6) is 0 Å². The van der Waals surface area contributed by atoms with E-state index >= 15 is 0 Å². The van der Waals surface area contributed by atoms with Gasteiger partial charge in [0, 0.05) is 0 Å². The van der Waals surface area contributed by atoms with E-state index in [1.54, 1.807) is 11.1 Å². The van der Waals surface area contributed by atoms with Gasteiger partial charge in [0.15, 0.2) is 0 Å². The highest BCUT2D eigenvalue weighted by atomic mass is 14.1. The smallest absolute Gasteiger partial charge is 0.0280 e. The fraction of sp³-hybridized carbons (Fsp3) is 0.778. The lowest BCUT2D eigenvalue weighted by molar-refractivity contribution is 0.863. The van der Waals surface area contributed by atoms with Gasteiger partial charge in [0.25, 0.3) is 0 Å². The van der Waals surface area contributed by atoms with Crippen LogP contribution in [0.15, 0.2) is 22.3 Å². The minimum atomic E-state index is 1.27. The molecule has 0 fully saturated rings. The zero-order chi connectivity index (χ0) is 15.7. The van der Waals surface area contributed by atoms with Crippen molar-refractivity contribution in [1.82, 2.24) is 0 Å². The van der Waals surface area contributed by atoms with E-state index in [0.717, 1.165) is 0 Å². The van der Waals surface area contributed by atoms with Crippen LogP contribution in [0, 0.1) is 0 Å². The summed E-state index contributed by atoms with van der Waals surface area (Å²) in [5.41, 5.74) is 6.18. The molecule has 1 aliphatic carbocycles. The van der Waals surface area contributed by atoms with Crippen molar-refractivity contribution in [3.05, 3.63) is 22.3 Å². The summed E-state index contributed by atoms with van der Waals surface area (Å²) in [6, 6.07) is 0. The van der Waals surface area contributed by atoms with Crippen molar-refractivity contribution in [1.29, 1.82) is 0 Å². The molecule has 0 nitrogen and oxygen atoms in total. The summed E-state index contributed by atoms with van der Waals surface area (Å²) >= 11 is 0. The van der Waals surface area contributed by atoms with E-state index in [1.165, 1.54) is 24.0 Å². The summed E-state index contributed by atoms with van der Waals surface area (Å²) in [4.78, 5) is 0. The summed E-state index contributed by atoms with van der Waals surface area (Å²) in [7, 11) is 0. The van der Waals surface area contributed by atoms with Crippen molar-refractivity contribution in [2.45, 2.75) is 95.9 Å². The van der Waals surface area contributed by atoms with E-state index in [1.807, 2.05) is 55.4 Å². The predicted octanol–water partition coefficient (Wildman–Crippen LogP) is 7.56. The van der Waals surface area contributed by atoms with E-state index in [-0.39, 0.29) is 0 Å². The van der Waals surface area contributed by atoms with Gasteiger partial charge in [0.05, 0.1) is 0 Å². The maximum Gasteiger partial charge on any atom is -0.0280 e. The fourth-order valence-corrected chi connectivity index (χ4v) is 1.39. The number of rotatable bonds is 0. The monoisotopic (exact) mass is 256 g/mol. The van der Waals surface area contributed by atoms with Crippen molar-refractivity contribution < 1.29 is 0 Å². The Kier molecular flexibility index (Phi) is 31.5. The fourth-order valence-electron chi connectivity index (χ4n) is 1.39. The zero-order valence-corrected chi connectivity index (χ0v) is 15.4. The molecule has 0 saturated carbocycles. The first-order valence-corrected chi connectivity index (χ1v) is 7.96. The SMILES string of the molecule is CC.CC.CC.CC.CC1=C(C)C(C)=C(C)CC1. The largest absolute Gasteiger partial charge is 0.0698 e. The standard InChI is InChI=1S/C10H16.4C2H6/c1-7-5-6-8(2)10(4)9(7)3;4*1-2/h5-6H2,1-4H3;4*1-2H3. The van der Waals surface area contributed by atoms with Gasteiger partial charge in [-0.2, -0.15) is 0 Å². The quantitative estimate of drug-likeness (QED) is 0.419. The van der Waals surface area contributed by atoms with Gasteiger partial charge in [-0.1, -0.05) is 66.5 Å². The molecule has 0 aromatic heterocycles. The first-order valence-electron chi connectivity index (χ1n) is 7.96. The number of hydrogen-bond acceptors (Lipinski definition) is 0. The highest BCUT2D eigenvalue weighted by Gasteiger charge is 2.08. The molecule has 0 aliphatic heterocycles. The minimum absolute atomic E-state index is 1.27. The van der Waals surface area contributed by atoms with Gasteiger partial charge in [-0.25, -0.2) is 0 Å².